The normalized spacial score (nSPS) is 10.1. The zero-order valence-electron chi connectivity index (χ0n) is 11.1. The Hall–Kier alpha value is -2.54. The van der Waals surface area contributed by atoms with E-state index in [9.17, 15) is 4.79 Å². The molecule has 0 aliphatic rings. The molecule has 20 heavy (non-hydrogen) atoms. The molecule has 7 heteroatoms. The standard InChI is InChI=1S/C13H16N4O3/c1-17-9-12(8-15-17)20-6-5-19-11-4-2-3-10(7-11)13(18)16-14/h2-4,7-9H,5-6,14H2,1H3,(H,16,18). The number of nitrogens with two attached hydrogens (primary N) is 1. The second kappa shape index (κ2) is 6.58. The van der Waals surface area contributed by atoms with Gasteiger partial charge in [-0.3, -0.25) is 14.9 Å². The fourth-order valence-electron chi connectivity index (χ4n) is 1.60. The molecule has 0 saturated heterocycles. The van der Waals surface area contributed by atoms with Crippen molar-refractivity contribution in [3.8, 4) is 11.5 Å². The van der Waals surface area contributed by atoms with Gasteiger partial charge in [-0.05, 0) is 18.2 Å². The first-order valence-corrected chi connectivity index (χ1v) is 6.04. The van der Waals surface area contributed by atoms with Crippen LogP contribution >= 0.6 is 0 Å². The van der Waals surface area contributed by atoms with Crippen molar-refractivity contribution in [1.82, 2.24) is 15.2 Å². The topological polar surface area (TPSA) is 91.4 Å². The lowest BCUT2D eigenvalue weighted by molar-refractivity contribution is 0.0953. The second-order valence-electron chi connectivity index (χ2n) is 4.05. The van der Waals surface area contributed by atoms with E-state index >= 15 is 0 Å². The second-order valence-corrected chi connectivity index (χ2v) is 4.05. The third-order valence-corrected chi connectivity index (χ3v) is 2.53. The number of benzene rings is 1. The van der Waals surface area contributed by atoms with Crippen LogP contribution in [0.2, 0.25) is 0 Å². The number of carbonyl (C=O) groups excluding carboxylic acids is 1. The number of nitrogen functional groups attached to an aromatic ring is 1. The third kappa shape index (κ3) is 3.72. The van der Waals surface area contributed by atoms with Crippen LogP contribution in [0.15, 0.2) is 36.7 Å². The Bertz CT molecular complexity index is 583. The van der Waals surface area contributed by atoms with Gasteiger partial charge in [-0.25, -0.2) is 5.84 Å². The lowest BCUT2D eigenvalue weighted by Gasteiger charge is -2.08. The summed E-state index contributed by atoms with van der Waals surface area (Å²) in [5, 5.41) is 3.99. The van der Waals surface area contributed by atoms with Crippen LogP contribution in [0.4, 0.5) is 0 Å². The van der Waals surface area contributed by atoms with E-state index in [1.165, 1.54) is 0 Å². The Balaban J connectivity index is 1.80. The number of nitrogens with one attached hydrogen (secondary N) is 1. The Morgan fingerprint density at radius 3 is 2.75 bits per heavy atom. The molecule has 3 N–H and O–H groups in total. The first-order chi connectivity index (χ1) is 9.69. The summed E-state index contributed by atoms with van der Waals surface area (Å²) < 4.78 is 12.6. The molecule has 0 radical (unpaired) electrons. The fourth-order valence-corrected chi connectivity index (χ4v) is 1.60. The van der Waals surface area contributed by atoms with Crippen LogP contribution in [0.3, 0.4) is 0 Å². The maximum atomic E-state index is 11.4. The average Bonchev–Trinajstić information content (AvgIpc) is 2.88. The highest BCUT2D eigenvalue weighted by molar-refractivity contribution is 5.94. The van der Waals surface area contributed by atoms with Crippen molar-refractivity contribution < 1.29 is 14.3 Å². The maximum Gasteiger partial charge on any atom is 0.265 e. The SMILES string of the molecule is Cn1cc(OCCOc2cccc(C(=O)NN)c2)cn1. The largest absolute Gasteiger partial charge is 0.490 e. The summed E-state index contributed by atoms with van der Waals surface area (Å²) in [6, 6.07) is 6.76. The van der Waals surface area contributed by atoms with Gasteiger partial charge in [0.2, 0.25) is 0 Å². The average molecular weight is 276 g/mol. The number of aromatic nitrogens is 2. The first kappa shape index (κ1) is 13.9. The molecule has 1 amide bonds. The molecule has 1 aromatic carbocycles. The molecule has 0 unspecified atom stereocenters. The summed E-state index contributed by atoms with van der Waals surface area (Å²) in [5.41, 5.74) is 2.51. The molecule has 0 aliphatic heterocycles. The molecule has 0 aliphatic carbocycles. The molecule has 1 aromatic heterocycles. The molecule has 106 valence electrons. The van der Waals surface area contributed by atoms with Crippen molar-refractivity contribution in [1.29, 1.82) is 0 Å². The van der Waals surface area contributed by atoms with Gasteiger partial charge in [-0.2, -0.15) is 5.10 Å². The van der Waals surface area contributed by atoms with Gasteiger partial charge in [-0.15, -0.1) is 0 Å². The first-order valence-electron chi connectivity index (χ1n) is 6.04. The van der Waals surface area contributed by atoms with Gasteiger partial charge in [0, 0.05) is 12.6 Å². The lowest BCUT2D eigenvalue weighted by atomic mass is 10.2. The van der Waals surface area contributed by atoms with Crippen molar-refractivity contribution in [3.05, 3.63) is 42.2 Å². The molecule has 0 atom stereocenters. The number of ether oxygens (including phenoxy) is 2. The maximum absolute atomic E-state index is 11.4. The van der Waals surface area contributed by atoms with E-state index in [0.717, 1.165) is 0 Å². The number of carbonyl (C=O) groups is 1. The summed E-state index contributed by atoms with van der Waals surface area (Å²) in [5.74, 6) is 5.99. The van der Waals surface area contributed by atoms with Crippen LogP contribution in [-0.2, 0) is 7.05 Å². The minimum atomic E-state index is -0.359. The minimum Gasteiger partial charge on any atom is -0.490 e. The zero-order chi connectivity index (χ0) is 14.4. The Labute approximate surface area is 116 Å². The van der Waals surface area contributed by atoms with E-state index in [1.807, 2.05) is 7.05 Å². The van der Waals surface area contributed by atoms with E-state index in [-0.39, 0.29) is 5.91 Å². The number of rotatable bonds is 6. The lowest BCUT2D eigenvalue weighted by Crippen LogP contribution is -2.29. The molecule has 1 heterocycles. The van der Waals surface area contributed by atoms with Gasteiger partial charge < -0.3 is 9.47 Å². The Morgan fingerprint density at radius 1 is 1.35 bits per heavy atom. The van der Waals surface area contributed by atoms with Crippen molar-refractivity contribution in [2.45, 2.75) is 0 Å². The monoisotopic (exact) mass is 276 g/mol. The predicted molar refractivity (Wildman–Crippen MR) is 72.3 cm³/mol. The quantitative estimate of drug-likeness (QED) is 0.346. The van der Waals surface area contributed by atoms with Gasteiger partial charge >= 0.3 is 0 Å². The molecule has 2 aromatic rings. The van der Waals surface area contributed by atoms with E-state index < -0.39 is 0 Å². The highest BCUT2D eigenvalue weighted by atomic mass is 16.5. The van der Waals surface area contributed by atoms with Crippen molar-refractivity contribution in [2.75, 3.05) is 13.2 Å². The number of amides is 1. The van der Waals surface area contributed by atoms with Crippen LogP contribution < -0.4 is 20.7 Å². The molecule has 0 fully saturated rings. The number of hydrogen-bond donors (Lipinski definition) is 2. The Kier molecular flexibility index (Phi) is 4.56. The minimum absolute atomic E-state index is 0.359. The van der Waals surface area contributed by atoms with Gasteiger partial charge in [0.05, 0.1) is 12.4 Å². The molecular weight excluding hydrogens is 260 g/mol. The Morgan fingerprint density at radius 2 is 2.10 bits per heavy atom. The van der Waals surface area contributed by atoms with Gasteiger partial charge in [0.15, 0.2) is 5.75 Å². The summed E-state index contributed by atoms with van der Waals surface area (Å²) in [6.45, 7) is 0.752. The molecule has 7 nitrogen and oxygen atoms in total. The van der Waals surface area contributed by atoms with Crippen LogP contribution in [0, 0.1) is 0 Å². The summed E-state index contributed by atoms with van der Waals surface area (Å²) in [6.07, 6.45) is 3.40. The van der Waals surface area contributed by atoms with E-state index in [0.29, 0.717) is 30.3 Å². The van der Waals surface area contributed by atoms with E-state index in [1.54, 1.807) is 41.3 Å². The number of aryl methyl sites for hydroxylation is 1. The van der Waals surface area contributed by atoms with Crippen molar-refractivity contribution in [3.63, 3.8) is 0 Å². The number of hydrazine groups is 1. The van der Waals surface area contributed by atoms with Crippen LogP contribution in [0.1, 0.15) is 10.4 Å². The summed E-state index contributed by atoms with van der Waals surface area (Å²) >= 11 is 0. The van der Waals surface area contributed by atoms with Crippen LogP contribution in [-0.4, -0.2) is 28.9 Å². The van der Waals surface area contributed by atoms with Gasteiger partial charge in [0.1, 0.15) is 19.0 Å². The van der Waals surface area contributed by atoms with E-state index in [4.69, 9.17) is 15.3 Å². The smallest absolute Gasteiger partial charge is 0.265 e. The van der Waals surface area contributed by atoms with Gasteiger partial charge in [0.25, 0.3) is 5.91 Å². The third-order valence-electron chi connectivity index (χ3n) is 2.53. The predicted octanol–water partition coefficient (Wildman–Crippen LogP) is 0.481. The van der Waals surface area contributed by atoms with Crippen molar-refractivity contribution in [2.24, 2.45) is 12.9 Å². The molecule has 0 bridgehead atoms. The molecule has 0 spiro atoms. The summed E-state index contributed by atoms with van der Waals surface area (Å²) in [7, 11) is 1.82. The van der Waals surface area contributed by atoms with Gasteiger partial charge in [-0.1, -0.05) is 6.07 Å². The fraction of sp³-hybridized carbons (Fsp3) is 0.231. The summed E-state index contributed by atoms with van der Waals surface area (Å²) in [4.78, 5) is 11.4. The van der Waals surface area contributed by atoms with Crippen LogP contribution in [0.25, 0.3) is 0 Å². The zero-order valence-corrected chi connectivity index (χ0v) is 11.1. The number of nitrogens with zero attached hydrogens (tertiary/aromatic N) is 2. The highest BCUT2D eigenvalue weighted by Crippen LogP contribution is 2.13. The highest BCUT2D eigenvalue weighted by Gasteiger charge is 2.04. The number of hydrogen-bond acceptors (Lipinski definition) is 5. The molecule has 0 saturated carbocycles. The van der Waals surface area contributed by atoms with E-state index in [2.05, 4.69) is 10.5 Å². The molecular formula is C13H16N4O3. The van der Waals surface area contributed by atoms with Crippen LogP contribution in [0.5, 0.6) is 11.5 Å². The molecule has 2 rings (SSSR count). The van der Waals surface area contributed by atoms with Crippen molar-refractivity contribution >= 4 is 5.91 Å².